The molecule has 2 aromatic carbocycles. The quantitative estimate of drug-likeness (QED) is 0.394. The molecule has 162 valence electrons. The smallest absolute Gasteiger partial charge is 0.304 e. The van der Waals surface area contributed by atoms with E-state index in [2.05, 4.69) is 4.98 Å². The highest BCUT2D eigenvalue weighted by atomic mass is 32.1. The zero-order valence-corrected chi connectivity index (χ0v) is 18.3. The van der Waals surface area contributed by atoms with Crippen LogP contribution in [0.2, 0.25) is 0 Å². The molecule has 0 aliphatic rings. The number of carboxylic acid groups (broad SMARTS) is 1. The van der Waals surface area contributed by atoms with Crippen molar-refractivity contribution < 1.29 is 19.1 Å². The Morgan fingerprint density at radius 2 is 1.78 bits per heavy atom. The fourth-order valence-corrected chi connectivity index (χ4v) is 4.44. The summed E-state index contributed by atoms with van der Waals surface area (Å²) in [7, 11) is 1.65. The Hall–Kier alpha value is -3.71. The number of aromatic nitrogens is 1. The third-order valence-corrected chi connectivity index (χ3v) is 6.16. The summed E-state index contributed by atoms with van der Waals surface area (Å²) in [6.07, 6.45) is 3.43. The molecule has 4 rings (SSSR count). The molecule has 2 aromatic heterocycles. The topological polar surface area (TPSA) is 83.6 Å². The lowest BCUT2D eigenvalue weighted by molar-refractivity contribution is -0.140. The highest BCUT2D eigenvalue weighted by molar-refractivity contribution is 7.14. The van der Waals surface area contributed by atoms with Gasteiger partial charge in [0, 0.05) is 23.6 Å². The van der Waals surface area contributed by atoms with E-state index in [-0.39, 0.29) is 12.3 Å². The van der Waals surface area contributed by atoms with E-state index in [9.17, 15) is 14.7 Å². The van der Waals surface area contributed by atoms with Crippen molar-refractivity contribution in [2.75, 3.05) is 11.9 Å². The molecule has 7 heteroatoms. The van der Waals surface area contributed by atoms with Crippen LogP contribution in [-0.4, -0.2) is 29.0 Å². The summed E-state index contributed by atoms with van der Waals surface area (Å²) in [6, 6.07) is 19.2. The van der Waals surface area contributed by atoms with Crippen LogP contribution in [0, 0.1) is 5.92 Å². The number of thiazole rings is 1. The van der Waals surface area contributed by atoms with Gasteiger partial charge in [0.15, 0.2) is 5.13 Å². The number of amides is 1. The Kier molecular flexibility index (Phi) is 6.47. The lowest BCUT2D eigenvalue weighted by Gasteiger charge is -2.21. The highest BCUT2D eigenvalue weighted by Crippen LogP contribution is 2.35. The number of hydrogen-bond acceptors (Lipinski definition) is 5. The summed E-state index contributed by atoms with van der Waals surface area (Å²) in [5, 5.41) is 11.8. The van der Waals surface area contributed by atoms with Crippen molar-refractivity contribution in [3.05, 3.63) is 84.1 Å². The second-order valence-electron chi connectivity index (χ2n) is 7.45. The third kappa shape index (κ3) is 4.78. The molecule has 2 heterocycles. The SMILES string of the molecule is CN(C(=O)[C@@H](CC(=O)O)Cc1ccccc1)c1nc(-c2ccccc2-c2ccoc2)cs1. The highest BCUT2D eigenvalue weighted by Gasteiger charge is 2.27. The van der Waals surface area contributed by atoms with Gasteiger partial charge in [-0.3, -0.25) is 14.5 Å². The molecular weight excluding hydrogens is 424 g/mol. The number of carbonyl (C=O) groups excluding carboxylic acids is 1. The number of aliphatic carboxylic acids is 1. The van der Waals surface area contributed by atoms with Crippen molar-refractivity contribution in [1.82, 2.24) is 4.98 Å². The molecule has 0 unspecified atom stereocenters. The van der Waals surface area contributed by atoms with Gasteiger partial charge >= 0.3 is 5.97 Å². The molecule has 0 bridgehead atoms. The van der Waals surface area contributed by atoms with E-state index in [1.165, 1.54) is 16.2 Å². The zero-order valence-electron chi connectivity index (χ0n) is 17.5. The molecule has 1 amide bonds. The second kappa shape index (κ2) is 9.62. The van der Waals surface area contributed by atoms with Crippen LogP contribution in [0.15, 0.2) is 83.0 Å². The molecule has 4 aromatic rings. The zero-order chi connectivity index (χ0) is 22.5. The van der Waals surface area contributed by atoms with E-state index >= 15 is 0 Å². The summed E-state index contributed by atoms with van der Waals surface area (Å²) >= 11 is 1.35. The summed E-state index contributed by atoms with van der Waals surface area (Å²) in [5.41, 5.74) is 4.54. The first-order valence-corrected chi connectivity index (χ1v) is 11.0. The van der Waals surface area contributed by atoms with Gasteiger partial charge in [-0.25, -0.2) is 4.98 Å². The van der Waals surface area contributed by atoms with E-state index in [0.29, 0.717) is 11.6 Å². The van der Waals surface area contributed by atoms with Gasteiger partial charge in [-0.1, -0.05) is 54.6 Å². The van der Waals surface area contributed by atoms with Crippen LogP contribution in [0.25, 0.3) is 22.4 Å². The molecule has 0 saturated carbocycles. The average molecular weight is 447 g/mol. The van der Waals surface area contributed by atoms with Crippen LogP contribution in [-0.2, 0) is 16.0 Å². The first-order chi connectivity index (χ1) is 15.5. The number of carboxylic acids is 1. The monoisotopic (exact) mass is 446 g/mol. The van der Waals surface area contributed by atoms with Gasteiger partial charge in [0.05, 0.1) is 30.6 Å². The summed E-state index contributed by atoms with van der Waals surface area (Å²) in [5.74, 6) is -1.94. The molecule has 0 aliphatic carbocycles. The predicted octanol–water partition coefficient (Wildman–Crippen LogP) is 5.37. The van der Waals surface area contributed by atoms with Gasteiger partial charge in [-0.15, -0.1) is 11.3 Å². The van der Waals surface area contributed by atoms with E-state index in [4.69, 9.17) is 4.42 Å². The number of furan rings is 1. The van der Waals surface area contributed by atoms with Crippen molar-refractivity contribution >= 4 is 28.3 Å². The second-order valence-corrected chi connectivity index (χ2v) is 8.29. The van der Waals surface area contributed by atoms with Crippen LogP contribution >= 0.6 is 11.3 Å². The summed E-state index contributed by atoms with van der Waals surface area (Å²) in [4.78, 5) is 30.8. The molecule has 1 atom stereocenters. The lowest BCUT2D eigenvalue weighted by atomic mass is 9.95. The Balaban J connectivity index is 1.58. The first kappa shape index (κ1) is 21.5. The van der Waals surface area contributed by atoms with Crippen molar-refractivity contribution in [3.8, 4) is 22.4 Å². The molecule has 0 aliphatic heterocycles. The molecule has 1 N–H and O–H groups in total. The lowest BCUT2D eigenvalue weighted by Crippen LogP contribution is -2.35. The van der Waals surface area contributed by atoms with E-state index in [1.54, 1.807) is 19.6 Å². The predicted molar refractivity (Wildman–Crippen MR) is 125 cm³/mol. The van der Waals surface area contributed by atoms with Gasteiger partial charge < -0.3 is 9.52 Å². The molecule has 0 fully saturated rings. The first-order valence-electron chi connectivity index (χ1n) is 10.1. The van der Waals surface area contributed by atoms with E-state index in [0.717, 1.165) is 27.9 Å². The van der Waals surface area contributed by atoms with Crippen molar-refractivity contribution in [2.45, 2.75) is 12.8 Å². The van der Waals surface area contributed by atoms with Crippen LogP contribution in [0.3, 0.4) is 0 Å². The van der Waals surface area contributed by atoms with Crippen LogP contribution in [0.1, 0.15) is 12.0 Å². The minimum absolute atomic E-state index is 0.236. The van der Waals surface area contributed by atoms with Crippen molar-refractivity contribution in [1.29, 1.82) is 0 Å². The maximum absolute atomic E-state index is 13.2. The van der Waals surface area contributed by atoms with Crippen LogP contribution < -0.4 is 4.90 Å². The van der Waals surface area contributed by atoms with Gasteiger partial charge in [-0.2, -0.15) is 0 Å². The normalized spacial score (nSPS) is 11.8. The van der Waals surface area contributed by atoms with Gasteiger partial charge in [-0.05, 0) is 23.6 Å². The fraction of sp³-hybridized carbons (Fsp3) is 0.160. The van der Waals surface area contributed by atoms with Crippen LogP contribution in [0.4, 0.5) is 5.13 Å². The average Bonchev–Trinajstić information content (AvgIpc) is 3.50. The van der Waals surface area contributed by atoms with Gasteiger partial charge in [0.2, 0.25) is 5.91 Å². The summed E-state index contributed by atoms with van der Waals surface area (Å²) < 4.78 is 5.22. The fourth-order valence-electron chi connectivity index (χ4n) is 3.64. The molecular formula is C25H22N2O4S. The van der Waals surface area contributed by atoms with Crippen molar-refractivity contribution in [2.24, 2.45) is 5.92 Å². The number of carbonyl (C=O) groups is 2. The minimum Gasteiger partial charge on any atom is -0.481 e. The van der Waals surface area contributed by atoms with Gasteiger partial charge in [0.25, 0.3) is 0 Å². The minimum atomic E-state index is -0.999. The number of anilines is 1. The van der Waals surface area contributed by atoms with Gasteiger partial charge in [0.1, 0.15) is 0 Å². The maximum atomic E-state index is 13.2. The van der Waals surface area contributed by atoms with E-state index in [1.807, 2.05) is 66.0 Å². The maximum Gasteiger partial charge on any atom is 0.304 e. The number of benzene rings is 2. The Bertz CT molecular complexity index is 1200. The van der Waals surface area contributed by atoms with E-state index < -0.39 is 11.9 Å². The molecule has 0 saturated heterocycles. The Morgan fingerprint density at radius 1 is 1.06 bits per heavy atom. The molecule has 0 spiro atoms. The largest absolute Gasteiger partial charge is 0.481 e. The molecule has 32 heavy (non-hydrogen) atoms. The number of hydrogen-bond donors (Lipinski definition) is 1. The molecule has 6 nitrogen and oxygen atoms in total. The number of nitrogens with zero attached hydrogens (tertiary/aromatic N) is 2. The standard InChI is InChI=1S/C25H22N2O4S/c1-27(24(30)19(14-23(28)29)13-17-7-3-2-4-8-17)25-26-22(16-32-25)21-10-6-5-9-20(21)18-11-12-31-15-18/h2-12,15-16,19H,13-14H2,1H3,(H,28,29)/t19-/m1/s1. The molecule has 0 radical (unpaired) electrons. The Labute approximate surface area is 189 Å². The Morgan fingerprint density at radius 3 is 2.47 bits per heavy atom. The summed E-state index contributed by atoms with van der Waals surface area (Å²) in [6.45, 7) is 0. The number of rotatable bonds is 8. The van der Waals surface area contributed by atoms with Crippen molar-refractivity contribution in [3.63, 3.8) is 0 Å². The third-order valence-electron chi connectivity index (χ3n) is 5.24. The van der Waals surface area contributed by atoms with Crippen LogP contribution in [0.5, 0.6) is 0 Å².